The zero-order valence-electron chi connectivity index (χ0n) is 16.5. The third-order valence-electron chi connectivity index (χ3n) is 4.47. The lowest BCUT2D eigenvalue weighted by atomic mass is 10.1. The summed E-state index contributed by atoms with van der Waals surface area (Å²) in [6.07, 6.45) is 0.216. The molecule has 31 heavy (non-hydrogen) atoms. The Kier molecular flexibility index (Phi) is 7.70. The summed E-state index contributed by atoms with van der Waals surface area (Å²) >= 11 is 0. The fourth-order valence-corrected chi connectivity index (χ4v) is 2.96. The molecule has 3 aromatic carbocycles. The summed E-state index contributed by atoms with van der Waals surface area (Å²) in [5.41, 5.74) is 1.53. The maximum Gasteiger partial charge on any atom is 0.387 e. The van der Waals surface area contributed by atoms with Gasteiger partial charge >= 0.3 is 12.6 Å². The van der Waals surface area contributed by atoms with Crippen LogP contribution in [0.25, 0.3) is 0 Å². The fourth-order valence-electron chi connectivity index (χ4n) is 2.96. The molecule has 0 aromatic heterocycles. The standard InChI is InChI=1S/C24H21F2NO4/c25-24(26)31-21-14-8-7-13-19(21)16-30-23(29)20(15-17-9-3-1-4-10-17)27-22(28)18-11-5-2-6-12-18/h1-14,20,24H,15-16H2,(H,27,28)/t20-/m0/s1. The minimum Gasteiger partial charge on any atom is -0.459 e. The molecule has 0 heterocycles. The molecule has 1 N–H and O–H groups in total. The molecule has 0 spiro atoms. The topological polar surface area (TPSA) is 64.6 Å². The van der Waals surface area contributed by atoms with E-state index in [0.717, 1.165) is 5.56 Å². The van der Waals surface area contributed by atoms with E-state index in [1.165, 1.54) is 12.1 Å². The number of amides is 1. The van der Waals surface area contributed by atoms with Crippen molar-refractivity contribution in [2.24, 2.45) is 0 Å². The number of nitrogens with one attached hydrogen (secondary N) is 1. The molecule has 1 amide bonds. The highest BCUT2D eigenvalue weighted by atomic mass is 19.3. The minimum absolute atomic E-state index is 0.0711. The Morgan fingerprint density at radius 3 is 2.13 bits per heavy atom. The molecule has 3 rings (SSSR count). The van der Waals surface area contributed by atoms with Crippen molar-refractivity contribution < 1.29 is 27.8 Å². The Hall–Kier alpha value is -3.74. The molecule has 0 saturated carbocycles. The van der Waals surface area contributed by atoms with Gasteiger partial charge in [-0.1, -0.05) is 66.7 Å². The third kappa shape index (κ3) is 6.64. The van der Waals surface area contributed by atoms with Crippen LogP contribution < -0.4 is 10.1 Å². The lowest BCUT2D eigenvalue weighted by Gasteiger charge is -2.19. The number of benzene rings is 3. The first-order chi connectivity index (χ1) is 15.0. The second-order valence-electron chi connectivity index (χ2n) is 6.68. The van der Waals surface area contributed by atoms with Gasteiger partial charge in [0.1, 0.15) is 18.4 Å². The van der Waals surface area contributed by atoms with Gasteiger partial charge in [-0.2, -0.15) is 8.78 Å². The molecule has 7 heteroatoms. The van der Waals surface area contributed by atoms with E-state index in [-0.39, 0.29) is 18.8 Å². The van der Waals surface area contributed by atoms with Gasteiger partial charge < -0.3 is 14.8 Å². The van der Waals surface area contributed by atoms with Crippen LogP contribution >= 0.6 is 0 Å². The van der Waals surface area contributed by atoms with Crippen LogP contribution in [0.5, 0.6) is 5.75 Å². The van der Waals surface area contributed by atoms with Crippen LogP contribution in [-0.2, 0) is 22.6 Å². The number of carbonyl (C=O) groups is 2. The Morgan fingerprint density at radius 1 is 0.839 bits per heavy atom. The van der Waals surface area contributed by atoms with Crippen molar-refractivity contribution in [1.82, 2.24) is 5.32 Å². The van der Waals surface area contributed by atoms with Crippen LogP contribution in [0.15, 0.2) is 84.9 Å². The van der Waals surface area contributed by atoms with E-state index in [1.807, 2.05) is 30.3 Å². The Labute approximate surface area is 178 Å². The number of hydrogen-bond donors (Lipinski definition) is 1. The van der Waals surface area contributed by atoms with E-state index in [4.69, 9.17) is 4.74 Å². The molecule has 3 aromatic rings. The summed E-state index contributed by atoms with van der Waals surface area (Å²) in [7, 11) is 0. The molecule has 0 unspecified atom stereocenters. The number of halogens is 2. The third-order valence-corrected chi connectivity index (χ3v) is 4.47. The van der Waals surface area contributed by atoms with Crippen molar-refractivity contribution in [3.05, 3.63) is 102 Å². The Balaban J connectivity index is 1.72. The molecule has 0 bridgehead atoms. The zero-order chi connectivity index (χ0) is 22.1. The van der Waals surface area contributed by atoms with Gasteiger partial charge in [-0.25, -0.2) is 4.79 Å². The quantitative estimate of drug-likeness (QED) is 0.517. The maximum absolute atomic E-state index is 12.8. The lowest BCUT2D eigenvalue weighted by molar-refractivity contribution is -0.147. The molecule has 0 fully saturated rings. The number of esters is 1. The highest BCUT2D eigenvalue weighted by Gasteiger charge is 2.24. The van der Waals surface area contributed by atoms with E-state index in [2.05, 4.69) is 10.1 Å². The molecular formula is C24H21F2NO4. The maximum atomic E-state index is 12.8. The van der Waals surface area contributed by atoms with E-state index in [0.29, 0.717) is 11.1 Å². The van der Waals surface area contributed by atoms with E-state index in [1.54, 1.807) is 42.5 Å². The molecule has 0 aliphatic carbocycles. The summed E-state index contributed by atoms with van der Waals surface area (Å²) in [6.45, 7) is -3.26. The van der Waals surface area contributed by atoms with Crippen molar-refractivity contribution in [3.63, 3.8) is 0 Å². The normalized spacial score (nSPS) is 11.6. The summed E-state index contributed by atoms with van der Waals surface area (Å²) < 4.78 is 35.0. The van der Waals surface area contributed by atoms with Crippen molar-refractivity contribution in [2.45, 2.75) is 25.7 Å². The molecule has 0 aliphatic heterocycles. The highest BCUT2D eigenvalue weighted by Crippen LogP contribution is 2.21. The highest BCUT2D eigenvalue weighted by molar-refractivity contribution is 5.96. The van der Waals surface area contributed by atoms with Crippen molar-refractivity contribution in [2.75, 3.05) is 0 Å². The number of hydrogen-bond acceptors (Lipinski definition) is 4. The predicted octanol–water partition coefficient (Wildman–Crippen LogP) is 4.37. The molecule has 160 valence electrons. The fraction of sp³-hybridized carbons (Fsp3) is 0.167. The van der Waals surface area contributed by atoms with Crippen LogP contribution in [0.1, 0.15) is 21.5 Å². The van der Waals surface area contributed by atoms with Gasteiger partial charge in [0.05, 0.1) is 0 Å². The van der Waals surface area contributed by atoms with Gasteiger partial charge in [-0.15, -0.1) is 0 Å². The van der Waals surface area contributed by atoms with E-state index < -0.39 is 24.5 Å². The number of alkyl halides is 2. The van der Waals surface area contributed by atoms with Crippen LogP contribution in [-0.4, -0.2) is 24.5 Å². The molecule has 5 nitrogen and oxygen atoms in total. The summed E-state index contributed by atoms with van der Waals surface area (Å²) in [5, 5.41) is 2.70. The molecule has 0 saturated heterocycles. The van der Waals surface area contributed by atoms with E-state index >= 15 is 0 Å². The van der Waals surface area contributed by atoms with Gasteiger partial charge in [-0.05, 0) is 23.8 Å². The van der Waals surface area contributed by atoms with Crippen molar-refractivity contribution in [1.29, 1.82) is 0 Å². The largest absolute Gasteiger partial charge is 0.459 e. The van der Waals surface area contributed by atoms with Gasteiger partial charge in [0.25, 0.3) is 5.91 Å². The van der Waals surface area contributed by atoms with Crippen molar-refractivity contribution >= 4 is 11.9 Å². The summed E-state index contributed by atoms with van der Waals surface area (Å²) in [5.74, 6) is -1.17. The Morgan fingerprint density at radius 2 is 1.45 bits per heavy atom. The van der Waals surface area contributed by atoms with Gasteiger partial charge in [0.2, 0.25) is 0 Å². The molecule has 0 aliphatic rings. The molecule has 0 radical (unpaired) electrons. The summed E-state index contributed by atoms with van der Waals surface area (Å²) in [4.78, 5) is 25.4. The first kappa shape index (κ1) is 22.0. The molecular weight excluding hydrogens is 404 g/mol. The SMILES string of the molecule is O=C(N[C@@H](Cc1ccccc1)C(=O)OCc1ccccc1OC(F)F)c1ccccc1. The first-order valence-corrected chi connectivity index (χ1v) is 9.62. The lowest BCUT2D eigenvalue weighted by Crippen LogP contribution is -2.43. The predicted molar refractivity (Wildman–Crippen MR) is 111 cm³/mol. The number of ether oxygens (including phenoxy) is 2. The minimum atomic E-state index is -2.99. The van der Waals surface area contributed by atoms with Gasteiger partial charge in [-0.3, -0.25) is 4.79 Å². The number of para-hydroxylation sites is 1. The van der Waals surface area contributed by atoms with E-state index in [9.17, 15) is 18.4 Å². The summed E-state index contributed by atoms with van der Waals surface area (Å²) in [6, 6.07) is 22.8. The smallest absolute Gasteiger partial charge is 0.387 e. The second-order valence-corrected chi connectivity index (χ2v) is 6.68. The van der Waals surface area contributed by atoms with Crippen LogP contribution in [0.2, 0.25) is 0 Å². The number of rotatable bonds is 9. The van der Waals surface area contributed by atoms with Gasteiger partial charge in [0, 0.05) is 17.5 Å². The van der Waals surface area contributed by atoms with Crippen LogP contribution in [0.4, 0.5) is 8.78 Å². The Bertz CT molecular complexity index is 997. The van der Waals surface area contributed by atoms with Gasteiger partial charge in [0.15, 0.2) is 0 Å². The van der Waals surface area contributed by atoms with Crippen LogP contribution in [0.3, 0.4) is 0 Å². The monoisotopic (exact) mass is 425 g/mol. The first-order valence-electron chi connectivity index (χ1n) is 9.62. The second kappa shape index (κ2) is 10.9. The number of carbonyl (C=O) groups excluding carboxylic acids is 2. The van der Waals surface area contributed by atoms with Crippen molar-refractivity contribution in [3.8, 4) is 5.75 Å². The average molecular weight is 425 g/mol. The van der Waals surface area contributed by atoms with Crippen LogP contribution in [0, 0.1) is 0 Å². The molecule has 1 atom stereocenters. The average Bonchev–Trinajstić information content (AvgIpc) is 2.78. The zero-order valence-corrected chi connectivity index (χ0v) is 16.5.